The molecule has 1 unspecified atom stereocenters. The lowest BCUT2D eigenvalue weighted by atomic mass is 10.1. The minimum absolute atomic E-state index is 0.0890. The molecular weight excluding hydrogens is 374 g/mol. The summed E-state index contributed by atoms with van der Waals surface area (Å²) in [6, 6.07) is 26.4. The van der Waals surface area contributed by atoms with Crippen LogP contribution in [0.15, 0.2) is 90.0 Å². The number of aromatic nitrogens is 2. The molecule has 5 heteroatoms. The van der Waals surface area contributed by atoms with Crippen LogP contribution in [-0.2, 0) is 0 Å². The van der Waals surface area contributed by atoms with Crippen molar-refractivity contribution in [3.8, 4) is 16.9 Å². The van der Waals surface area contributed by atoms with Crippen LogP contribution in [0.5, 0.6) is 0 Å². The highest BCUT2D eigenvalue weighted by atomic mass is 35.5. The van der Waals surface area contributed by atoms with Gasteiger partial charge in [-0.25, -0.2) is 4.68 Å². The molecule has 3 nitrogen and oxygen atoms in total. The van der Waals surface area contributed by atoms with Gasteiger partial charge in [0.15, 0.2) is 0 Å². The average molecular weight is 390 g/mol. The third-order valence-corrected chi connectivity index (χ3v) is 6.14. The van der Waals surface area contributed by atoms with Crippen LogP contribution in [0.25, 0.3) is 16.9 Å². The fraction of sp³-hybridized carbons (Fsp3) is 0.0455. The van der Waals surface area contributed by atoms with Gasteiger partial charge in [-0.3, -0.25) is 0 Å². The average Bonchev–Trinajstić information content (AvgIpc) is 3.33. The van der Waals surface area contributed by atoms with Gasteiger partial charge in [-0.05, 0) is 30.3 Å². The molecule has 4 aromatic rings. The van der Waals surface area contributed by atoms with E-state index in [9.17, 15) is 0 Å². The van der Waals surface area contributed by atoms with Crippen molar-refractivity contribution in [2.75, 3.05) is 5.32 Å². The van der Waals surface area contributed by atoms with Crippen LogP contribution in [0, 0.1) is 0 Å². The topological polar surface area (TPSA) is 29.9 Å². The van der Waals surface area contributed by atoms with Crippen LogP contribution in [0.3, 0.4) is 0 Å². The van der Waals surface area contributed by atoms with Crippen molar-refractivity contribution in [1.29, 1.82) is 0 Å². The highest BCUT2D eigenvalue weighted by Crippen LogP contribution is 2.48. The summed E-state index contributed by atoms with van der Waals surface area (Å²) in [5.74, 6) is 0. The number of nitrogens with zero attached hydrogens (tertiary/aromatic N) is 2. The number of thioether (sulfide) groups is 1. The summed E-state index contributed by atoms with van der Waals surface area (Å²) in [6.45, 7) is 0. The zero-order valence-corrected chi connectivity index (χ0v) is 15.9. The predicted octanol–water partition coefficient (Wildman–Crippen LogP) is 6.41. The standard InChI is InChI=1S/C22H16ClN3S/c23-18-11-5-4-10-16(18)21-17(14-26(25-21)15-8-2-1-3-9-15)22-24-19-12-6-7-13-20(19)27-22/h1-14,22,24H. The van der Waals surface area contributed by atoms with E-state index in [4.69, 9.17) is 16.7 Å². The van der Waals surface area contributed by atoms with Gasteiger partial charge in [-0.15, -0.1) is 0 Å². The second-order valence-corrected chi connectivity index (χ2v) is 7.89. The van der Waals surface area contributed by atoms with Gasteiger partial charge in [0.1, 0.15) is 11.1 Å². The third kappa shape index (κ3) is 3.01. The zero-order chi connectivity index (χ0) is 18.2. The van der Waals surface area contributed by atoms with Crippen molar-refractivity contribution in [2.45, 2.75) is 10.3 Å². The molecule has 2 heterocycles. The maximum atomic E-state index is 6.51. The highest BCUT2D eigenvalue weighted by Gasteiger charge is 2.28. The van der Waals surface area contributed by atoms with Crippen LogP contribution in [0.4, 0.5) is 5.69 Å². The van der Waals surface area contributed by atoms with Gasteiger partial charge in [0.05, 0.1) is 10.7 Å². The summed E-state index contributed by atoms with van der Waals surface area (Å²) in [7, 11) is 0. The van der Waals surface area contributed by atoms with E-state index >= 15 is 0 Å². The number of fused-ring (bicyclic) bond motifs is 1. The van der Waals surface area contributed by atoms with Gasteiger partial charge in [0.2, 0.25) is 0 Å². The predicted molar refractivity (Wildman–Crippen MR) is 113 cm³/mol. The molecule has 0 amide bonds. The van der Waals surface area contributed by atoms with Crippen molar-refractivity contribution < 1.29 is 0 Å². The summed E-state index contributed by atoms with van der Waals surface area (Å²) >= 11 is 8.31. The highest BCUT2D eigenvalue weighted by molar-refractivity contribution is 8.00. The van der Waals surface area contributed by atoms with E-state index in [0.717, 1.165) is 28.2 Å². The molecule has 1 aliphatic heterocycles. The molecule has 0 fully saturated rings. The number of hydrogen-bond acceptors (Lipinski definition) is 3. The molecule has 0 aliphatic carbocycles. The number of hydrogen-bond donors (Lipinski definition) is 1. The first-order valence-electron chi connectivity index (χ1n) is 8.72. The smallest absolute Gasteiger partial charge is 0.106 e. The molecule has 1 atom stereocenters. The number of halogens is 1. The quantitative estimate of drug-likeness (QED) is 0.439. The molecule has 0 spiro atoms. The summed E-state index contributed by atoms with van der Waals surface area (Å²) in [4.78, 5) is 1.25. The van der Waals surface area contributed by atoms with Gasteiger partial charge >= 0.3 is 0 Å². The van der Waals surface area contributed by atoms with Crippen LogP contribution in [0.2, 0.25) is 5.02 Å². The number of anilines is 1. The minimum Gasteiger partial charge on any atom is -0.368 e. The molecule has 3 aromatic carbocycles. The van der Waals surface area contributed by atoms with Crippen molar-refractivity contribution in [2.24, 2.45) is 0 Å². The minimum atomic E-state index is 0.0890. The Balaban J connectivity index is 1.64. The first-order valence-corrected chi connectivity index (χ1v) is 9.97. The van der Waals surface area contributed by atoms with Gasteiger partial charge < -0.3 is 5.32 Å². The number of rotatable bonds is 3. The van der Waals surface area contributed by atoms with Gasteiger partial charge in [0, 0.05) is 27.9 Å². The molecule has 1 aliphatic rings. The van der Waals surface area contributed by atoms with Crippen LogP contribution < -0.4 is 5.32 Å². The molecule has 1 aromatic heterocycles. The summed E-state index contributed by atoms with van der Waals surface area (Å²) < 4.78 is 1.93. The van der Waals surface area contributed by atoms with Gasteiger partial charge in [-0.1, -0.05) is 71.9 Å². The van der Waals surface area contributed by atoms with Crippen LogP contribution >= 0.6 is 23.4 Å². The van der Waals surface area contributed by atoms with Crippen molar-refractivity contribution >= 4 is 29.1 Å². The van der Waals surface area contributed by atoms with Crippen molar-refractivity contribution in [1.82, 2.24) is 9.78 Å². The van der Waals surface area contributed by atoms with E-state index in [-0.39, 0.29) is 5.37 Å². The Bertz CT molecular complexity index is 1080. The Hall–Kier alpha value is -2.69. The molecule has 0 bridgehead atoms. The third-order valence-electron chi connectivity index (χ3n) is 4.59. The maximum absolute atomic E-state index is 6.51. The molecule has 27 heavy (non-hydrogen) atoms. The van der Waals surface area contributed by atoms with Gasteiger partial charge in [-0.2, -0.15) is 5.10 Å². The van der Waals surface area contributed by atoms with Crippen molar-refractivity contribution in [3.63, 3.8) is 0 Å². The fourth-order valence-electron chi connectivity index (χ4n) is 3.28. The Labute approximate surface area is 167 Å². The van der Waals surface area contributed by atoms with Crippen LogP contribution in [0.1, 0.15) is 10.9 Å². The van der Waals surface area contributed by atoms with E-state index in [1.165, 1.54) is 4.90 Å². The largest absolute Gasteiger partial charge is 0.368 e. The van der Waals surface area contributed by atoms with E-state index in [1.807, 2.05) is 47.1 Å². The van der Waals surface area contributed by atoms with E-state index in [0.29, 0.717) is 5.02 Å². The lowest BCUT2D eigenvalue weighted by Crippen LogP contribution is -2.01. The SMILES string of the molecule is Clc1ccccc1-c1nn(-c2ccccc2)cc1C1Nc2ccccc2S1. The van der Waals surface area contributed by atoms with Crippen molar-refractivity contribution in [3.05, 3.63) is 95.6 Å². The van der Waals surface area contributed by atoms with E-state index in [1.54, 1.807) is 11.8 Å². The molecule has 0 saturated heterocycles. The monoisotopic (exact) mass is 389 g/mol. The first kappa shape index (κ1) is 16.5. The summed E-state index contributed by atoms with van der Waals surface area (Å²) in [5.41, 5.74) is 5.15. The maximum Gasteiger partial charge on any atom is 0.106 e. The van der Waals surface area contributed by atoms with E-state index < -0.39 is 0 Å². The Kier molecular flexibility index (Phi) is 4.15. The second-order valence-electron chi connectivity index (χ2n) is 6.33. The Morgan fingerprint density at radius 2 is 1.63 bits per heavy atom. The number of benzene rings is 3. The molecule has 1 N–H and O–H groups in total. The summed E-state index contributed by atoms with van der Waals surface area (Å²) in [5, 5.41) is 9.30. The van der Waals surface area contributed by atoms with Gasteiger partial charge in [0.25, 0.3) is 0 Å². The van der Waals surface area contributed by atoms with E-state index in [2.05, 4.69) is 47.9 Å². The lowest BCUT2D eigenvalue weighted by molar-refractivity contribution is 0.883. The number of nitrogens with one attached hydrogen (secondary N) is 1. The lowest BCUT2D eigenvalue weighted by Gasteiger charge is -2.11. The zero-order valence-electron chi connectivity index (χ0n) is 14.3. The molecular formula is C22H16ClN3S. The van der Waals surface area contributed by atoms with Crippen LogP contribution in [-0.4, -0.2) is 9.78 Å². The Morgan fingerprint density at radius 1 is 0.889 bits per heavy atom. The second kappa shape index (κ2) is 6.80. The Morgan fingerprint density at radius 3 is 2.44 bits per heavy atom. The molecule has 0 saturated carbocycles. The fourth-order valence-corrected chi connectivity index (χ4v) is 4.66. The summed E-state index contributed by atoms with van der Waals surface area (Å²) in [6.07, 6.45) is 2.10. The molecule has 5 rings (SSSR count). The molecule has 132 valence electrons. The first-order chi connectivity index (χ1) is 13.3. The normalized spacial score (nSPS) is 15.4. The number of para-hydroxylation sites is 2. The molecule has 0 radical (unpaired) electrons.